The first kappa shape index (κ1) is 20.0. The molecule has 2 aliphatic rings. The smallest absolute Gasteiger partial charge is 0.305 e. The summed E-state index contributed by atoms with van der Waals surface area (Å²) >= 11 is 1.93. The van der Waals surface area contributed by atoms with Gasteiger partial charge in [-0.15, -0.1) is 0 Å². The fourth-order valence-electron chi connectivity index (χ4n) is 3.46. The predicted octanol–water partition coefficient (Wildman–Crippen LogP) is 3.14. The maximum atomic E-state index is 11.1. The molecule has 4 atom stereocenters. The van der Waals surface area contributed by atoms with Crippen LogP contribution >= 0.6 is 11.8 Å². The quantitative estimate of drug-likeness (QED) is 0.477. The van der Waals surface area contributed by atoms with Crippen molar-refractivity contribution in [3.05, 3.63) is 0 Å². The molecule has 0 amide bonds. The lowest BCUT2D eigenvalue weighted by atomic mass is 9.96. The highest BCUT2D eigenvalue weighted by atomic mass is 32.2. The van der Waals surface area contributed by atoms with Crippen LogP contribution < -0.4 is 0 Å². The minimum absolute atomic E-state index is 0.0736. The normalized spacial score (nSPS) is 30.4. The van der Waals surface area contributed by atoms with E-state index in [0.717, 1.165) is 57.3 Å². The summed E-state index contributed by atoms with van der Waals surface area (Å²) < 4.78 is 16.4. The number of esters is 1. The van der Waals surface area contributed by atoms with Crippen molar-refractivity contribution in [2.45, 2.75) is 75.4 Å². The number of methoxy groups -OCH3 is 1. The van der Waals surface area contributed by atoms with E-state index in [0.29, 0.717) is 11.7 Å². The molecule has 0 aliphatic carbocycles. The highest BCUT2D eigenvalue weighted by Crippen LogP contribution is 2.38. The van der Waals surface area contributed by atoms with Crippen molar-refractivity contribution in [2.75, 3.05) is 26.1 Å². The van der Waals surface area contributed by atoms with E-state index in [4.69, 9.17) is 9.47 Å². The average Bonchev–Trinajstić information content (AvgIpc) is 3.00. The Hall–Kier alpha value is -0.300. The minimum atomic E-state index is -0.119. The Bertz CT molecular complexity index is 359. The van der Waals surface area contributed by atoms with E-state index in [1.165, 1.54) is 13.5 Å². The van der Waals surface area contributed by atoms with Gasteiger partial charge in [0.2, 0.25) is 0 Å². The molecule has 2 rings (SSSR count). The summed E-state index contributed by atoms with van der Waals surface area (Å²) in [5, 5.41) is 10.3. The first-order valence-electron chi connectivity index (χ1n) is 9.31. The Balaban J connectivity index is 1.61. The molecule has 2 fully saturated rings. The second-order valence-electron chi connectivity index (χ2n) is 6.72. The average molecular weight is 361 g/mol. The standard InChI is InChI=1S/C18H32O5S/c1-21-17(20)9-5-3-2-4-8-16-14(12-19)15(13-24-16)23-18-10-6-7-11-22-18/h14-16,18-19H,2-13H2,1H3. The Kier molecular flexibility index (Phi) is 9.46. The summed E-state index contributed by atoms with van der Waals surface area (Å²) in [6.45, 7) is 0.987. The van der Waals surface area contributed by atoms with E-state index < -0.39 is 0 Å². The van der Waals surface area contributed by atoms with Crippen LogP contribution in [-0.4, -0.2) is 54.8 Å². The number of unbranched alkanes of at least 4 members (excludes halogenated alkanes) is 3. The van der Waals surface area contributed by atoms with Gasteiger partial charge in [0, 0.05) is 36.6 Å². The molecule has 0 aromatic rings. The third-order valence-electron chi connectivity index (χ3n) is 4.95. The molecule has 0 aromatic carbocycles. The molecule has 6 heteroatoms. The second kappa shape index (κ2) is 11.3. The third kappa shape index (κ3) is 6.54. The Morgan fingerprint density at radius 3 is 2.79 bits per heavy atom. The maximum Gasteiger partial charge on any atom is 0.305 e. The van der Waals surface area contributed by atoms with Gasteiger partial charge in [0.15, 0.2) is 6.29 Å². The Morgan fingerprint density at radius 2 is 2.08 bits per heavy atom. The molecule has 0 spiro atoms. The van der Waals surface area contributed by atoms with Gasteiger partial charge in [-0.1, -0.05) is 19.3 Å². The van der Waals surface area contributed by atoms with Gasteiger partial charge >= 0.3 is 5.97 Å². The molecular weight excluding hydrogens is 328 g/mol. The second-order valence-corrected chi connectivity index (χ2v) is 7.99. The van der Waals surface area contributed by atoms with Crippen molar-refractivity contribution in [2.24, 2.45) is 5.92 Å². The van der Waals surface area contributed by atoms with Crippen LogP contribution in [0.2, 0.25) is 0 Å². The highest BCUT2D eigenvalue weighted by molar-refractivity contribution is 8.00. The third-order valence-corrected chi connectivity index (χ3v) is 6.49. The zero-order valence-electron chi connectivity index (χ0n) is 14.8. The highest BCUT2D eigenvalue weighted by Gasteiger charge is 2.38. The minimum Gasteiger partial charge on any atom is -0.469 e. The van der Waals surface area contributed by atoms with Crippen molar-refractivity contribution in [1.82, 2.24) is 0 Å². The molecule has 2 aliphatic heterocycles. The monoisotopic (exact) mass is 360 g/mol. The van der Waals surface area contributed by atoms with Crippen LogP contribution in [0, 0.1) is 5.92 Å². The molecule has 2 saturated heterocycles. The number of aliphatic hydroxyl groups is 1. The van der Waals surface area contributed by atoms with E-state index in [2.05, 4.69) is 4.74 Å². The largest absolute Gasteiger partial charge is 0.469 e. The summed E-state index contributed by atoms with van der Waals surface area (Å²) in [5.74, 6) is 1.06. The van der Waals surface area contributed by atoms with Gasteiger partial charge in [-0.3, -0.25) is 4.79 Å². The molecule has 0 radical (unpaired) electrons. The van der Waals surface area contributed by atoms with Crippen molar-refractivity contribution in [1.29, 1.82) is 0 Å². The lowest BCUT2D eigenvalue weighted by molar-refractivity contribution is -0.193. The lowest BCUT2D eigenvalue weighted by Crippen LogP contribution is -2.35. The van der Waals surface area contributed by atoms with E-state index >= 15 is 0 Å². The number of ether oxygens (including phenoxy) is 3. The summed E-state index contributed by atoms with van der Waals surface area (Å²) in [6.07, 6.45) is 9.18. The number of rotatable bonds is 10. The number of aliphatic hydroxyl groups excluding tert-OH is 1. The Labute approximate surface area is 149 Å². The maximum absolute atomic E-state index is 11.1. The molecule has 4 unspecified atom stereocenters. The van der Waals surface area contributed by atoms with Crippen LogP contribution in [0.5, 0.6) is 0 Å². The van der Waals surface area contributed by atoms with E-state index in [-0.39, 0.29) is 30.9 Å². The zero-order valence-corrected chi connectivity index (χ0v) is 15.6. The van der Waals surface area contributed by atoms with Crippen molar-refractivity contribution < 1.29 is 24.1 Å². The summed E-state index contributed by atoms with van der Waals surface area (Å²) in [4.78, 5) is 11.1. The number of carbonyl (C=O) groups excluding carboxylic acids is 1. The molecule has 2 heterocycles. The fraction of sp³-hybridized carbons (Fsp3) is 0.944. The van der Waals surface area contributed by atoms with Crippen LogP contribution in [-0.2, 0) is 19.0 Å². The van der Waals surface area contributed by atoms with Gasteiger partial charge in [-0.25, -0.2) is 0 Å². The number of hydrogen-bond acceptors (Lipinski definition) is 6. The summed E-state index contributed by atoms with van der Waals surface area (Å²) in [7, 11) is 1.44. The topological polar surface area (TPSA) is 65.0 Å². The molecule has 0 saturated carbocycles. The van der Waals surface area contributed by atoms with E-state index in [1.807, 2.05) is 11.8 Å². The van der Waals surface area contributed by atoms with Crippen LogP contribution in [0.4, 0.5) is 0 Å². The van der Waals surface area contributed by atoms with Gasteiger partial charge in [-0.2, -0.15) is 11.8 Å². The molecule has 0 aromatic heterocycles. The zero-order chi connectivity index (χ0) is 17.2. The first-order chi connectivity index (χ1) is 11.7. The van der Waals surface area contributed by atoms with Gasteiger partial charge < -0.3 is 19.3 Å². The molecule has 0 bridgehead atoms. The molecule has 24 heavy (non-hydrogen) atoms. The van der Waals surface area contributed by atoms with E-state index in [1.54, 1.807) is 0 Å². The number of carbonyl (C=O) groups is 1. The predicted molar refractivity (Wildman–Crippen MR) is 95.0 cm³/mol. The van der Waals surface area contributed by atoms with Crippen molar-refractivity contribution in [3.8, 4) is 0 Å². The van der Waals surface area contributed by atoms with Gasteiger partial charge in [0.1, 0.15) is 0 Å². The fourth-order valence-corrected chi connectivity index (χ4v) is 5.07. The van der Waals surface area contributed by atoms with Gasteiger partial charge in [0.05, 0.1) is 13.2 Å². The number of thioether (sulfide) groups is 1. The summed E-state index contributed by atoms with van der Waals surface area (Å²) in [6, 6.07) is 0. The molecular formula is C18H32O5S. The SMILES string of the molecule is COC(=O)CCCCCCC1SCC(OC2CCCCO2)C1CO. The number of hydrogen-bond donors (Lipinski definition) is 1. The molecule has 5 nitrogen and oxygen atoms in total. The van der Waals surface area contributed by atoms with Gasteiger partial charge in [-0.05, 0) is 32.1 Å². The van der Waals surface area contributed by atoms with E-state index in [9.17, 15) is 9.90 Å². The van der Waals surface area contributed by atoms with Crippen LogP contribution in [0.1, 0.15) is 57.8 Å². The molecule has 1 N–H and O–H groups in total. The summed E-state index contributed by atoms with van der Waals surface area (Å²) in [5.41, 5.74) is 0. The van der Waals surface area contributed by atoms with Crippen molar-refractivity contribution in [3.63, 3.8) is 0 Å². The Morgan fingerprint density at radius 1 is 1.25 bits per heavy atom. The molecule has 140 valence electrons. The van der Waals surface area contributed by atoms with Gasteiger partial charge in [0.25, 0.3) is 0 Å². The first-order valence-corrected chi connectivity index (χ1v) is 10.4. The lowest BCUT2D eigenvalue weighted by Gasteiger charge is -2.29. The van der Waals surface area contributed by atoms with Crippen molar-refractivity contribution >= 4 is 17.7 Å². The van der Waals surface area contributed by atoms with Crippen LogP contribution in [0.3, 0.4) is 0 Å². The van der Waals surface area contributed by atoms with Crippen LogP contribution in [0.25, 0.3) is 0 Å². The van der Waals surface area contributed by atoms with Crippen LogP contribution in [0.15, 0.2) is 0 Å².